The van der Waals surface area contributed by atoms with Crippen LogP contribution >= 0.6 is 15.9 Å². The Hall–Kier alpha value is -1.20. The van der Waals surface area contributed by atoms with Crippen LogP contribution in [-0.2, 0) is 6.54 Å². The summed E-state index contributed by atoms with van der Waals surface area (Å²) in [5.74, 6) is 0.646. The van der Waals surface area contributed by atoms with Gasteiger partial charge in [0.15, 0.2) is 0 Å². The van der Waals surface area contributed by atoms with Gasteiger partial charge in [0.25, 0.3) is 5.56 Å². The lowest BCUT2D eigenvalue weighted by molar-refractivity contribution is 0.760. The first-order chi connectivity index (χ1) is 7.20. The molecule has 2 rings (SSSR count). The third-order valence-corrected chi connectivity index (χ3v) is 2.56. The summed E-state index contributed by atoms with van der Waals surface area (Å²) in [5.41, 5.74) is 0.608. The van der Waals surface area contributed by atoms with Gasteiger partial charge in [-0.3, -0.25) is 4.79 Å². The van der Waals surface area contributed by atoms with Gasteiger partial charge in [0.1, 0.15) is 5.82 Å². The van der Waals surface area contributed by atoms with Gasteiger partial charge in [-0.1, -0.05) is 15.9 Å². The van der Waals surface area contributed by atoms with Crippen LogP contribution in [0.25, 0.3) is 10.9 Å². The second-order valence-electron chi connectivity index (χ2n) is 3.20. The predicted octanol–water partition coefficient (Wildman–Crippen LogP) is 1.40. The lowest BCUT2D eigenvalue weighted by Gasteiger charge is -2.02. The topological polar surface area (TPSA) is 57.8 Å². The smallest absolute Gasteiger partial charge is 0.258 e. The van der Waals surface area contributed by atoms with E-state index in [1.54, 1.807) is 6.07 Å². The summed E-state index contributed by atoms with van der Waals surface area (Å²) < 4.78 is 0.920. The molecule has 0 radical (unpaired) electrons. The second kappa shape index (κ2) is 4.12. The van der Waals surface area contributed by atoms with Crippen molar-refractivity contribution in [2.45, 2.75) is 6.54 Å². The Morgan fingerprint density at radius 3 is 3.07 bits per heavy atom. The first-order valence-corrected chi connectivity index (χ1v) is 5.33. The lowest BCUT2D eigenvalue weighted by Crippen LogP contribution is -2.16. The third-order valence-electron chi connectivity index (χ3n) is 2.06. The zero-order valence-corrected chi connectivity index (χ0v) is 9.76. The molecule has 0 saturated carbocycles. The van der Waals surface area contributed by atoms with Crippen LogP contribution in [0, 0.1) is 0 Å². The molecule has 0 spiro atoms. The van der Waals surface area contributed by atoms with E-state index in [4.69, 9.17) is 0 Å². The number of aromatic nitrogens is 2. The number of benzene rings is 1. The van der Waals surface area contributed by atoms with Crippen molar-refractivity contribution >= 4 is 26.8 Å². The van der Waals surface area contributed by atoms with Crippen molar-refractivity contribution in [2.24, 2.45) is 0 Å². The zero-order chi connectivity index (χ0) is 10.8. The molecule has 0 fully saturated rings. The van der Waals surface area contributed by atoms with Crippen LogP contribution in [0.5, 0.6) is 0 Å². The first-order valence-electron chi connectivity index (χ1n) is 4.54. The minimum absolute atomic E-state index is 0.0993. The van der Waals surface area contributed by atoms with Gasteiger partial charge in [-0.15, -0.1) is 0 Å². The highest BCUT2D eigenvalue weighted by atomic mass is 79.9. The number of aromatic amines is 1. The quantitative estimate of drug-likeness (QED) is 0.865. The summed E-state index contributed by atoms with van der Waals surface area (Å²) in [7, 11) is 1.81. The monoisotopic (exact) mass is 267 g/mol. The number of rotatable bonds is 2. The van der Waals surface area contributed by atoms with Gasteiger partial charge in [-0.25, -0.2) is 4.98 Å². The van der Waals surface area contributed by atoms with Gasteiger partial charge >= 0.3 is 0 Å². The Balaban J connectivity index is 2.68. The Bertz CT molecular complexity index is 550. The molecule has 1 aromatic carbocycles. The highest BCUT2D eigenvalue weighted by Gasteiger charge is 2.03. The summed E-state index contributed by atoms with van der Waals surface area (Å²) >= 11 is 3.35. The fourth-order valence-electron chi connectivity index (χ4n) is 1.41. The van der Waals surface area contributed by atoms with Crippen molar-refractivity contribution in [3.05, 3.63) is 38.9 Å². The van der Waals surface area contributed by atoms with Gasteiger partial charge in [-0.2, -0.15) is 0 Å². The molecule has 0 atom stereocenters. The molecule has 1 heterocycles. The summed E-state index contributed by atoms with van der Waals surface area (Å²) in [6.45, 7) is 0.553. The molecule has 1 aromatic heterocycles. The zero-order valence-electron chi connectivity index (χ0n) is 8.17. The molecule has 0 saturated heterocycles. The second-order valence-corrected chi connectivity index (χ2v) is 4.12. The lowest BCUT2D eigenvalue weighted by atomic mass is 10.2. The number of nitrogens with one attached hydrogen (secondary N) is 2. The molecule has 0 bridgehead atoms. The molecule has 4 nitrogen and oxygen atoms in total. The van der Waals surface area contributed by atoms with Crippen LogP contribution in [-0.4, -0.2) is 17.0 Å². The standard InChI is InChI=1S/C10H10BrN3O/c1-12-5-9-13-8-4-6(11)2-3-7(8)10(15)14-9/h2-4,12H,5H2,1H3,(H,13,14,15). The SMILES string of the molecule is CNCc1nc2cc(Br)ccc2c(=O)[nH]1. The summed E-state index contributed by atoms with van der Waals surface area (Å²) in [4.78, 5) is 18.7. The van der Waals surface area contributed by atoms with Crippen LogP contribution in [0.4, 0.5) is 0 Å². The van der Waals surface area contributed by atoms with Crippen molar-refractivity contribution in [3.8, 4) is 0 Å². The maximum absolute atomic E-state index is 11.6. The minimum atomic E-state index is -0.0993. The fraction of sp³-hybridized carbons (Fsp3) is 0.200. The van der Waals surface area contributed by atoms with Crippen molar-refractivity contribution in [3.63, 3.8) is 0 Å². The molecule has 0 aliphatic heterocycles. The van der Waals surface area contributed by atoms with E-state index in [0.717, 1.165) is 4.47 Å². The first kappa shape index (κ1) is 10.3. The number of hydrogen-bond acceptors (Lipinski definition) is 3. The van der Waals surface area contributed by atoms with E-state index in [-0.39, 0.29) is 5.56 Å². The van der Waals surface area contributed by atoms with E-state index in [0.29, 0.717) is 23.3 Å². The maximum atomic E-state index is 11.6. The average molecular weight is 268 g/mol. The summed E-state index contributed by atoms with van der Waals surface area (Å²) in [6.07, 6.45) is 0. The molecule has 0 aliphatic rings. The molecule has 0 amide bonds. The molecule has 15 heavy (non-hydrogen) atoms. The Morgan fingerprint density at radius 1 is 1.53 bits per heavy atom. The van der Waals surface area contributed by atoms with Crippen molar-refractivity contribution in [1.29, 1.82) is 0 Å². The van der Waals surface area contributed by atoms with Crippen LogP contribution in [0.2, 0.25) is 0 Å². The molecular weight excluding hydrogens is 258 g/mol. The van der Waals surface area contributed by atoms with Crippen molar-refractivity contribution < 1.29 is 0 Å². The van der Waals surface area contributed by atoms with Crippen LogP contribution in [0.3, 0.4) is 0 Å². The molecule has 5 heteroatoms. The highest BCUT2D eigenvalue weighted by molar-refractivity contribution is 9.10. The molecular formula is C10H10BrN3O. The Labute approximate surface area is 94.9 Å². The van der Waals surface area contributed by atoms with Crippen LogP contribution in [0.15, 0.2) is 27.5 Å². The van der Waals surface area contributed by atoms with E-state index >= 15 is 0 Å². The number of fused-ring (bicyclic) bond motifs is 1. The van der Waals surface area contributed by atoms with E-state index in [1.165, 1.54) is 0 Å². The van der Waals surface area contributed by atoms with Crippen molar-refractivity contribution in [2.75, 3.05) is 7.05 Å². The van der Waals surface area contributed by atoms with Gasteiger partial charge in [0.05, 0.1) is 17.4 Å². The maximum Gasteiger partial charge on any atom is 0.258 e. The van der Waals surface area contributed by atoms with Crippen LogP contribution in [0.1, 0.15) is 5.82 Å². The molecule has 2 N–H and O–H groups in total. The van der Waals surface area contributed by atoms with E-state index in [9.17, 15) is 4.79 Å². The average Bonchev–Trinajstić information content (AvgIpc) is 2.17. The molecule has 0 unspecified atom stereocenters. The molecule has 0 aliphatic carbocycles. The minimum Gasteiger partial charge on any atom is -0.313 e. The molecule has 2 aromatic rings. The number of halogens is 1. The van der Waals surface area contributed by atoms with Gasteiger partial charge in [0, 0.05) is 4.47 Å². The van der Waals surface area contributed by atoms with Gasteiger partial charge < -0.3 is 10.3 Å². The van der Waals surface area contributed by atoms with Crippen LogP contribution < -0.4 is 10.9 Å². The van der Waals surface area contributed by atoms with Crippen molar-refractivity contribution in [1.82, 2.24) is 15.3 Å². The number of hydrogen-bond donors (Lipinski definition) is 2. The van der Waals surface area contributed by atoms with Gasteiger partial charge in [0.2, 0.25) is 0 Å². The third kappa shape index (κ3) is 2.08. The van der Waals surface area contributed by atoms with E-state index < -0.39 is 0 Å². The summed E-state index contributed by atoms with van der Waals surface area (Å²) in [5, 5.41) is 3.56. The van der Waals surface area contributed by atoms with E-state index in [1.807, 2.05) is 19.2 Å². The normalized spacial score (nSPS) is 10.8. The highest BCUT2D eigenvalue weighted by Crippen LogP contribution is 2.14. The Morgan fingerprint density at radius 2 is 2.33 bits per heavy atom. The molecule has 78 valence electrons. The van der Waals surface area contributed by atoms with E-state index in [2.05, 4.69) is 31.2 Å². The number of nitrogens with zero attached hydrogens (tertiary/aromatic N) is 1. The predicted molar refractivity (Wildman–Crippen MR) is 62.8 cm³/mol. The largest absolute Gasteiger partial charge is 0.313 e. The Kier molecular flexibility index (Phi) is 2.83. The van der Waals surface area contributed by atoms with Gasteiger partial charge in [-0.05, 0) is 25.2 Å². The fourth-order valence-corrected chi connectivity index (χ4v) is 1.76. The number of H-pyrrole nitrogens is 1. The summed E-state index contributed by atoms with van der Waals surface area (Å²) in [6, 6.07) is 5.43.